The second kappa shape index (κ2) is 15.7. The molecule has 2 aromatic rings. The van der Waals surface area contributed by atoms with E-state index in [0.717, 1.165) is 16.8 Å². The van der Waals surface area contributed by atoms with Crippen molar-refractivity contribution in [1.82, 2.24) is 10.2 Å². The fraction of sp³-hybridized carbons (Fsp3) is 0.500. The van der Waals surface area contributed by atoms with Gasteiger partial charge < -0.3 is 29.7 Å². The molecule has 3 aliphatic heterocycles. The van der Waals surface area contributed by atoms with Gasteiger partial charge in [0, 0.05) is 18.7 Å². The molecule has 0 saturated carbocycles. The number of nitrogens with zero attached hydrogens (tertiary/aromatic N) is 2. The first-order valence-electron chi connectivity index (χ1n) is 17.7. The lowest BCUT2D eigenvalue weighted by molar-refractivity contribution is -0.161. The highest BCUT2D eigenvalue weighted by Gasteiger charge is 2.75. The van der Waals surface area contributed by atoms with Crippen molar-refractivity contribution >= 4 is 29.4 Å². The molecule has 3 amide bonds. The Hall–Kier alpha value is -4.28. The van der Waals surface area contributed by atoms with Crippen LogP contribution in [0.3, 0.4) is 0 Å². The topological polar surface area (TPSA) is 125 Å². The Morgan fingerprint density at radius 2 is 1.80 bits per heavy atom. The van der Waals surface area contributed by atoms with Crippen LogP contribution in [0, 0.1) is 31.6 Å². The molecule has 0 aromatic heterocycles. The molecule has 3 heterocycles. The minimum Gasteiger partial charge on any atom is -0.455 e. The number of rotatable bonds is 16. The third kappa shape index (κ3) is 7.01. The van der Waals surface area contributed by atoms with Gasteiger partial charge in [-0.25, -0.2) is 0 Å². The molecule has 0 unspecified atom stereocenters. The molecule has 268 valence electrons. The number of para-hydroxylation sites is 1. The van der Waals surface area contributed by atoms with Crippen LogP contribution in [-0.2, 0) is 28.7 Å². The summed E-state index contributed by atoms with van der Waals surface area (Å²) in [5, 5.41) is 13.6. The van der Waals surface area contributed by atoms with E-state index in [1.165, 1.54) is 4.90 Å². The maximum absolute atomic E-state index is 15.1. The molecule has 2 N–H and O–H groups in total. The predicted octanol–water partition coefficient (Wildman–Crippen LogP) is 4.97. The molecule has 3 aliphatic rings. The normalized spacial score (nSPS) is 24.8. The maximum atomic E-state index is 15.1. The van der Waals surface area contributed by atoms with Gasteiger partial charge in [-0.2, -0.15) is 0 Å². The van der Waals surface area contributed by atoms with Gasteiger partial charge in [0.1, 0.15) is 17.7 Å². The van der Waals surface area contributed by atoms with Crippen molar-refractivity contribution in [3.8, 4) is 0 Å². The number of allylic oxidation sites excluding steroid dienone is 1. The zero-order valence-corrected chi connectivity index (χ0v) is 29.7. The number of hydrogen-bond acceptors (Lipinski definition) is 7. The zero-order chi connectivity index (χ0) is 36.2. The molecule has 2 bridgehead atoms. The average Bonchev–Trinajstić information content (AvgIpc) is 3.74. The lowest BCUT2D eigenvalue weighted by Gasteiger charge is -2.40. The molecule has 50 heavy (non-hydrogen) atoms. The first kappa shape index (κ1) is 37.0. The Morgan fingerprint density at radius 3 is 2.42 bits per heavy atom. The molecule has 7 atom stereocenters. The van der Waals surface area contributed by atoms with E-state index in [4.69, 9.17) is 9.47 Å². The Bertz CT molecular complexity index is 1570. The van der Waals surface area contributed by atoms with Crippen molar-refractivity contribution in [3.63, 3.8) is 0 Å². The van der Waals surface area contributed by atoms with Crippen LogP contribution in [0.1, 0.15) is 68.7 Å². The van der Waals surface area contributed by atoms with Gasteiger partial charge in [0.2, 0.25) is 11.8 Å². The number of esters is 1. The summed E-state index contributed by atoms with van der Waals surface area (Å²) >= 11 is 0. The van der Waals surface area contributed by atoms with E-state index >= 15 is 4.79 Å². The second-order valence-corrected chi connectivity index (χ2v) is 14.2. The van der Waals surface area contributed by atoms with E-state index in [0.29, 0.717) is 31.2 Å². The van der Waals surface area contributed by atoms with Gasteiger partial charge in [-0.1, -0.05) is 74.5 Å². The number of carbonyl (C=O) groups excluding carboxylic acids is 4. The smallest absolute Gasteiger partial charge is 0.313 e. The van der Waals surface area contributed by atoms with Crippen molar-refractivity contribution in [2.75, 3.05) is 24.6 Å². The summed E-state index contributed by atoms with van der Waals surface area (Å²) in [5.74, 6) is -3.36. The van der Waals surface area contributed by atoms with E-state index in [2.05, 4.69) is 18.5 Å². The molecule has 2 aromatic carbocycles. The van der Waals surface area contributed by atoms with Crippen molar-refractivity contribution in [2.45, 2.75) is 89.7 Å². The van der Waals surface area contributed by atoms with Crippen LogP contribution in [0.2, 0.25) is 0 Å². The van der Waals surface area contributed by atoms with Gasteiger partial charge in [-0.15, -0.1) is 13.2 Å². The fourth-order valence-electron chi connectivity index (χ4n) is 8.29. The Labute approximate surface area is 295 Å². The largest absolute Gasteiger partial charge is 0.455 e. The highest BCUT2D eigenvalue weighted by molar-refractivity contribution is 6.05. The summed E-state index contributed by atoms with van der Waals surface area (Å²) in [4.78, 5) is 59.8. The third-order valence-corrected chi connectivity index (χ3v) is 10.4. The number of carbonyl (C=O) groups is 4. The minimum atomic E-state index is -1.29. The van der Waals surface area contributed by atoms with Crippen LogP contribution in [0.15, 0.2) is 73.8 Å². The molecule has 1 spiro atoms. The average molecular weight is 686 g/mol. The fourth-order valence-corrected chi connectivity index (χ4v) is 8.29. The summed E-state index contributed by atoms with van der Waals surface area (Å²) in [5.41, 5.74) is 1.94. The monoisotopic (exact) mass is 685 g/mol. The molecule has 3 saturated heterocycles. The van der Waals surface area contributed by atoms with E-state index in [9.17, 15) is 19.5 Å². The van der Waals surface area contributed by atoms with Crippen molar-refractivity contribution < 1.29 is 33.8 Å². The standard InChI is InChI=1S/C40H51N3O7/c1-7-9-18-32(45)41-23-31(28-16-11-10-12-17-28)49-39(48)33-30-19-20-40(50-30)34(33)37(46)43(29(24-44)22-25(3)4)36(40)38(47)42(21-8-2)35-26(5)14-13-15-27(35)6/h7-8,10-17,25,29-31,33-34,36,44H,1-2,9,18-24H2,3-6H3,(H,41,45)/t29-,30+,31+,33-,34-,36+,40-/m1/s1. The van der Waals surface area contributed by atoms with Crippen molar-refractivity contribution in [2.24, 2.45) is 17.8 Å². The summed E-state index contributed by atoms with van der Waals surface area (Å²) in [6.45, 7) is 15.4. The first-order chi connectivity index (χ1) is 24.0. The first-order valence-corrected chi connectivity index (χ1v) is 17.7. The molecule has 10 nitrogen and oxygen atoms in total. The number of anilines is 1. The number of aliphatic hydroxyl groups is 1. The molecule has 10 heteroatoms. The molecule has 5 rings (SSSR count). The summed E-state index contributed by atoms with van der Waals surface area (Å²) < 4.78 is 12.9. The highest BCUT2D eigenvalue weighted by Crippen LogP contribution is 2.59. The van der Waals surface area contributed by atoms with Gasteiger partial charge in [-0.05, 0) is 62.1 Å². The van der Waals surface area contributed by atoms with Crippen LogP contribution in [-0.4, -0.2) is 77.2 Å². The van der Waals surface area contributed by atoms with Crippen LogP contribution in [0.4, 0.5) is 5.69 Å². The molecule has 0 aliphatic carbocycles. The van der Waals surface area contributed by atoms with E-state index in [-0.39, 0.29) is 49.8 Å². The number of aryl methyl sites for hydroxylation is 2. The summed E-state index contributed by atoms with van der Waals surface area (Å²) in [6.07, 6.45) is 3.99. The number of likely N-dealkylation sites (tertiary alicyclic amines) is 1. The molecular formula is C40H51N3O7. The predicted molar refractivity (Wildman–Crippen MR) is 191 cm³/mol. The van der Waals surface area contributed by atoms with Gasteiger partial charge >= 0.3 is 5.97 Å². The minimum absolute atomic E-state index is 0.0498. The number of hydrogen-bond donors (Lipinski definition) is 2. The van der Waals surface area contributed by atoms with E-state index in [1.54, 1.807) is 17.1 Å². The molecule has 0 radical (unpaired) electrons. The lowest BCUT2D eigenvalue weighted by Crippen LogP contribution is -2.59. The Balaban J connectivity index is 1.52. The number of ether oxygens (including phenoxy) is 2. The van der Waals surface area contributed by atoms with E-state index in [1.807, 2.05) is 76.2 Å². The van der Waals surface area contributed by atoms with Crippen LogP contribution in [0.5, 0.6) is 0 Å². The number of amides is 3. The van der Waals surface area contributed by atoms with Crippen LogP contribution in [0.25, 0.3) is 0 Å². The SMILES string of the molecule is C=CCCC(=O)NC[C@H](OC(=O)[C@@H]1[C@@H]2CC[C@]3(O2)[C@H](C(=O)N(CC=C)c2c(C)cccc2C)N([C@@H](CO)CC(C)C)C(=O)[C@@H]13)c1ccccc1. The summed E-state index contributed by atoms with van der Waals surface area (Å²) in [6, 6.07) is 13.2. The van der Waals surface area contributed by atoms with Crippen molar-refractivity contribution in [1.29, 1.82) is 0 Å². The van der Waals surface area contributed by atoms with Gasteiger partial charge in [0.25, 0.3) is 5.91 Å². The van der Waals surface area contributed by atoms with Gasteiger partial charge in [0.05, 0.1) is 37.1 Å². The highest BCUT2D eigenvalue weighted by atomic mass is 16.6. The van der Waals surface area contributed by atoms with E-state index < -0.39 is 47.7 Å². The lowest BCUT2D eigenvalue weighted by atomic mass is 9.70. The number of aliphatic hydroxyl groups excluding tert-OH is 1. The number of fused-ring (bicyclic) bond motifs is 1. The maximum Gasteiger partial charge on any atom is 0.313 e. The zero-order valence-electron chi connectivity index (χ0n) is 29.7. The number of nitrogens with one attached hydrogen (secondary N) is 1. The summed E-state index contributed by atoms with van der Waals surface area (Å²) in [7, 11) is 0. The van der Waals surface area contributed by atoms with Crippen LogP contribution < -0.4 is 10.2 Å². The van der Waals surface area contributed by atoms with Crippen LogP contribution >= 0.6 is 0 Å². The van der Waals surface area contributed by atoms with Crippen molar-refractivity contribution in [3.05, 3.63) is 90.5 Å². The van der Waals surface area contributed by atoms with Gasteiger partial charge in [-0.3, -0.25) is 19.2 Å². The van der Waals surface area contributed by atoms with Gasteiger partial charge in [0.15, 0.2) is 0 Å². The third-order valence-electron chi connectivity index (χ3n) is 10.4. The Kier molecular flexibility index (Phi) is 11.6. The molecular weight excluding hydrogens is 634 g/mol. The second-order valence-electron chi connectivity index (χ2n) is 14.2. The number of benzene rings is 2. The Morgan fingerprint density at radius 1 is 1.10 bits per heavy atom. The quantitative estimate of drug-likeness (QED) is 0.189. The molecule has 3 fully saturated rings.